The highest BCUT2D eigenvalue weighted by Crippen LogP contribution is 2.70. The number of hydrogen-bond acceptors (Lipinski definition) is 3. The lowest BCUT2D eigenvalue weighted by Gasteiger charge is -2.57. The van der Waals surface area contributed by atoms with E-state index in [-0.39, 0.29) is 11.2 Å². The molecule has 6 rings (SSSR count). The molecule has 0 aromatic carbocycles. The van der Waals surface area contributed by atoms with Crippen molar-refractivity contribution in [2.75, 3.05) is 6.61 Å². The van der Waals surface area contributed by atoms with Gasteiger partial charge in [-0.05, 0) is 90.6 Å². The van der Waals surface area contributed by atoms with Crippen molar-refractivity contribution in [3.63, 3.8) is 0 Å². The number of fused-ring (bicyclic) bond motifs is 7. The van der Waals surface area contributed by atoms with Crippen LogP contribution in [0, 0.1) is 46.3 Å². The summed E-state index contributed by atoms with van der Waals surface area (Å²) in [4.78, 5) is 0. The van der Waals surface area contributed by atoms with Gasteiger partial charge < -0.3 is 14.6 Å². The average molecular weight is 413 g/mol. The Morgan fingerprint density at radius 2 is 1.90 bits per heavy atom. The van der Waals surface area contributed by atoms with E-state index in [1.165, 1.54) is 37.7 Å². The summed E-state index contributed by atoms with van der Waals surface area (Å²) in [6, 6.07) is 0. The zero-order valence-electron chi connectivity index (χ0n) is 19.3. The Kier molecular flexibility index (Phi) is 4.22. The van der Waals surface area contributed by atoms with Crippen molar-refractivity contribution in [2.24, 2.45) is 46.3 Å². The summed E-state index contributed by atoms with van der Waals surface area (Å²) < 4.78 is 13.3. The first kappa shape index (κ1) is 19.9. The minimum absolute atomic E-state index is 0.254. The Labute approximate surface area is 182 Å². The first-order valence-electron chi connectivity index (χ1n) is 12.7. The Morgan fingerprint density at radius 1 is 1.07 bits per heavy atom. The van der Waals surface area contributed by atoms with Gasteiger partial charge in [0, 0.05) is 18.8 Å². The molecule has 0 amide bonds. The van der Waals surface area contributed by atoms with Gasteiger partial charge in [0.25, 0.3) is 0 Å². The van der Waals surface area contributed by atoms with E-state index < -0.39 is 0 Å². The molecule has 2 saturated carbocycles. The molecule has 10 atom stereocenters. The molecule has 6 aliphatic rings. The van der Waals surface area contributed by atoms with E-state index in [0.29, 0.717) is 35.0 Å². The van der Waals surface area contributed by atoms with Crippen molar-refractivity contribution >= 4 is 0 Å². The van der Waals surface area contributed by atoms with Crippen LogP contribution in [0.1, 0.15) is 79.1 Å². The third kappa shape index (κ3) is 2.46. The second kappa shape index (κ2) is 6.38. The summed E-state index contributed by atoms with van der Waals surface area (Å²) in [6.07, 6.45) is 14.3. The van der Waals surface area contributed by atoms with E-state index in [2.05, 4.69) is 39.8 Å². The van der Waals surface area contributed by atoms with Gasteiger partial charge in [0.05, 0.1) is 18.5 Å². The Bertz CT molecular complexity index is 790. The molecule has 2 heterocycles. The maximum atomic E-state index is 10.1. The number of aliphatic hydroxyl groups excluding tert-OH is 1. The molecule has 1 spiro atoms. The van der Waals surface area contributed by atoms with Gasteiger partial charge in [-0.2, -0.15) is 0 Å². The van der Waals surface area contributed by atoms with Crippen molar-refractivity contribution in [3.8, 4) is 0 Å². The molecular formula is C27H40O3. The van der Waals surface area contributed by atoms with E-state index in [1.807, 2.05) is 0 Å². The zero-order chi connectivity index (χ0) is 20.9. The van der Waals surface area contributed by atoms with Crippen LogP contribution in [0.3, 0.4) is 0 Å². The molecule has 0 radical (unpaired) electrons. The molecular weight excluding hydrogens is 372 g/mol. The zero-order valence-corrected chi connectivity index (χ0v) is 19.3. The van der Waals surface area contributed by atoms with Gasteiger partial charge >= 0.3 is 0 Å². The second-order valence-corrected chi connectivity index (χ2v) is 12.3. The minimum atomic E-state index is -0.302. The van der Waals surface area contributed by atoms with E-state index in [9.17, 15) is 5.11 Å². The lowest BCUT2D eigenvalue weighted by molar-refractivity contribution is -0.272. The fourth-order valence-electron chi connectivity index (χ4n) is 9.33. The summed E-state index contributed by atoms with van der Waals surface area (Å²) >= 11 is 0. The predicted octanol–water partition coefficient (Wildman–Crippen LogP) is 6.40. The molecule has 3 nitrogen and oxygen atoms in total. The van der Waals surface area contributed by atoms with Gasteiger partial charge in [0.1, 0.15) is 0 Å². The van der Waals surface area contributed by atoms with Gasteiger partial charge in [-0.15, -0.1) is 0 Å². The molecule has 2 saturated heterocycles. The first-order valence-corrected chi connectivity index (χ1v) is 12.7. The fourth-order valence-corrected chi connectivity index (χ4v) is 9.33. The van der Waals surface area contributed by atoms with Crippen LogP contribution >= 0.6 is 0 Å². The Morgan fingerprint density at radius 3 is 2.67 bits per heavy atom. The smallest absolute Gasteiger partial charge is 0.171 e. The summed E-state index contributed by atoms with van der Waals surface area (Å²) in [7, 11) is 0. The van der Waals surface area contributed by atoms with Gasteiger partial charge in [-0.1, -0.05) is 33.8 Å². The van der Waals surface area contributed by atoms with Gasteiger partial charge in [-0.3, -0.25) is 0 Å². The van der Waals surface area contributed by atoms with E-state index >= 15 is 0 Å². The quantitative estimate of drug-likeness (QED) is 0.500. The predicted molar refractivity (Wildman–Crippen MR) is 118 cm³/mol. The molecule has 0 aromatic rings. The summed E-state index contributed by atoms with van der Waals surface area (Å²) in [5.41, 5.74) is 2.06. The number of allylic oxidation sites excluding steroid dienone is 4. The largest absolute Gasteiger partial charge is 0.512 e. The highest BCUT2D eigenvalue weighted by Gasteiger charge is 2.68. The van der Waals surface area contributed by atoms with Crippen molar-refractivity contribution in [1.82, 2.24) is 0 Å². The van der Waals surface area contributed by atoms with Crippen molar-refractivity contribution < 1.29 is 14.6 Å². The van der Waals surface area contributed by atoms with Crippen LogP contribution in [-0.4, -0.2) is 23.6 Å². The molecule has 0 aromatic heterocycles. The highest BCUT2D eigenvalue weighted by molar-refractivity contribution is 5.35. The molecule has 4 aliphatic carbocycles. The summed E-state index contributed by atoms with van der Waals surface area (Å²) in [6.45, 7) is 10.7. The lowest BCUT2D eigenvalue weighted by Crippen LogP contribution is -2.51. The molecule has 166 valence electrons. The lowest BCUT2D eigenvalue weighted by atomic mass is 9.47. The number of aliphatic hydroxyl groups is 1. The van der Waals surface area contributed by atoms with Crippen molar-refractivity contribution in [2.45, 2.75) is 91.0 Å². The van der Waals surface area contributed by atoms with Gasteiger partial charge in [0.2, 0.25) is 0 Å². The van der Waals surface area contributed by atoms with Crippen LogP contribution in [-0.2, 0) is 9.47 Å². The third-order valence-electron chi connectivity index (χ3n) is 11.0. The summed E-state index contributed by atoms with van der Waals surface area (Å²) in [5, 5.41) is 10.1. The van der Waals surface area contributed by atoms with Crippen LogP contribution < -0.4 is 0 Å². The van der Waals surface area contributed by atoms with E-state index in [4.69, 9.17) is 9.47 Å². The fraction of sp³-hybridized carbons (Fsp3) is 0.852. The highest BCUT2D eigenvalue weighted by atomic mass is 16.7. The average Bonchev–Trinajstić information content (AvgIpc) is 3.16. The summed E-state index contributed by atoms with van der Waals surface area (Å²) in [5.74, 6) is 4.39. The normalized spacial score (nSPS) is 57.1. The monoisotopic (exact) mass is 412 g/mol. The van der Waals surface area contributed by atoms with Crippen molar-refractivity contribution in [1.29, 1.82) is 0 Å². The van der Waals surface area contributed by atoms with Crippen LogP contribution in [0.5, 0.6) is 0 Å². The topological polar surface area (TPSA) is 38.7 Å². The first-order chi connectivity index (χ1) is 14.3. The third-order valence-corrected chi connectivity index (χ3v) is 11.0. The van der Waals surface area contributed by atoms with E-state index in [0.717, 1.165) is 43.6 Å². The van der Waals surface area contributed by atoms with Gasteiger partial charge in [0.15, 0.2) is 5.79 Å². The maximum Gasteiger partial charge on any atom is 0.171 e. The van der Waals surface area contributed by atoms with Crippen LogP contribution in [0.25, 0.3) is 0 Å². The molecule has 4 fully saturated rings. The Balaban J connectivity index is 1.30. The molecule has 2 aliphatic heterocycles. The molecule has 0 bridgehead atoms. The molecule has 30 heavy (non-hydrogen) atoms. The van der Waals surface area contributed by atoms with Gasteiger partial charge in [-0.25, -0.2) is 0 Å². The van der Waals surface area contributed by atoms with Crippen molar-refractivity contribution in [3.05, 3.63) is 23.5 Å². The SMILES string of the molecule is C[C@@H]1CC[C@@]2(OC1)O[C@H]1C[C@@H]3[C@@H]4CC=C5C=C(O)CC[C@]5(C)[C@H]4CC[C@]3(C)[C@H]1[C@@H]2C. The Hall–Kier alpha value is -0.800. The van der Waals surface area contributed by atoms with E-state index in [1.54, 1.807) is 0 Å². The number of ether oxygens (including phenoxy) is 2. The number of hydrogen-bond donors (Lipinski definition) is 1. The molecule has 0 unspecified atom stereocenters. The molecule has 1 N–H and O–H groups in total. The van der Waals surface area contributed by atoms with Crippen LogP contribution in [0.2, 0.25) is 0 Å². The standard InChI is InChI=1S/C27H40O3/c1-16-7-12-27(29-15-16)17(2)24-23(30-27)14-22-20-6-5-18-13-19(28)8-10-25(18,3)21(20)9-11-26(22,24)4/h5,13,16-17,20-24,28H,6-12,14-15H2,1-4H3/t16-,17+,20-,21+,22-,23+,24+,25+,26+,27-/m1/s1. The number of rotatable bonds is 0. The second-order valence-electron chi connectivity index (χ2n) is 12.3. The minimum Gasteiger partial charge on any atom is -0.512 e. The van der Waals surface area contributed by atoms with Crippen LogP contribution in [0.4, 0.5) is 0 Å². The maximum absolute atomic E-state index is 10.1. The molecule has 3 heteroatoms. The van der Waals surface area contributed by atoms with Crippen LogP contribution in [0.15, 0.2) is 23.5 Å².